The SMILES string of the molecule is [2H]C1([2H])CC[Se]c2c(-c3c(C#N)ccc4c3oc3c(-c5cccc[n+]5C)c(C)ccc34)cccc21. The molecule has 160 valence electrons. The van der Waals surface area contributed by atoms with Crippen LogP contribution >= 0.6 is 0 Å². The average Bonchev–Trinajstić information content (AvgIpc) is 3.22. The van der Waals surface area contributed by atoms with Crippen molar-refractivity contribution >= 4 is 41.4 Å². The second kappa shape index (κ2) is 7.88. The van der Waals surface area contributed by atoms with E-state index in [1.54, 1.807) is 0 Å². The van der Waals surface area contributed by atoms with E-state index >= 15 is 0 Å². The van der Waals surface area contributed by atoms with E-state index in [1.165, 1.54) is 0 Å². The van der Waals surface area contributed by atoms with Gasteiger partial charge in [0.25, 0.3) is 0 Å². The van der Waals surface area contributed by atoms with Gasteiger partial charge in [-0.2, -0.15) is 0 Å². The molecule has 0 bridgehead atoms. The summed E-state index contributed by atoms with van der Waals surface area (Å²) < 4.78 is 27.0. The first-order chi connectivity index (χ1) is 16.9. The van der Waals surface area contributed by atoms with Crippen molar-refractivity contribution in [2.45, 2.75) is 25.0 Å². The summed E-state index contributed by atoms with van der Waals surface area (Å²) >= 11 is 0.137. The topological polar surface area (TPSA) is 40.8 Å². The first kappa shape index (κ1) is 18.1. The molecular formula is C29H23N2OSe+. The standard InChI is InChI=1S/C29H23N2OSe/c1-18-11-13-21-22-14-12-20(17-30)26(23-9-5-7-19-8-6-16-33-29(19)23)28(22)32-27(21)25(18)24-10-3-4-15-31(24)2/h3-5,7,9-15H,6,8,16H2,1-2H3/q+1/i8D2. The maximum atomic E-state index is 10.1. The van der Waals surface area contributed by atoms with Gasteiger partial charge in [0.15, 0.2) is 0 Å². The quantitative estimate of drug-likeness (QED) is 0.235. The predicted octanol–water partition coefficient (Wildman–Crippen LogP) is 5.62. The third-order valence-corrected chi connectivity index (χ3v) is 8.78. The molecule has 0 atom stereocenters. The van der Waals surface area contributed by atoms with Crippen LogP contribution in [0.3, 0.4) is 0 Å². The van der Waals surface area contributed by atoms with E-state index in [-0.39, 0.29) is 15.0 Å². The van der Waals surface area contributed by atoms with E-state index in [9.17, 15) is 5.26 Å². The van der Waals surface area contributed by atoms with Crippen LogP contribution in [-0.2, 0) is 13.4 Å². The summed E-state index contributed by atoms with van der Waals surface area (Å²) in [6, 6.07) is 22.4. The number of aryl methyl sites for hydroxylation is 3. The molecule has 1 aliphatic rings. The van der Waals surface area contributed by atoms with Gasteiger partial charge in [0.05, 0.1) is 0 Å². The van der Waals surface area contributed by atoms with E-state index in [0.29, 0.717) is 17.6 Å². The number of benzene rings is 3. The van der Waals surface area contributed by atoms with Crippen LogP contribution in [0.4, 0.5) is 0 Å². The molecule has 6 rings (SSSR count). The summed E-state index contributed by atoms with van der Waals surface area (Å²) in [7, 11) is 2.03. The van der Waals surface area contributed by atoms with Gasteiger partial charge in [-0.1, -0.05) is 0 Å². The number of fused-ring (bicyclic) bond motifs is 4. The number of aromatic nitrogens is 1. The molecule has 0 unspecified atom stereocenters. The van der Waals surface area contributed by atoms with Gasteiger partial charge in [0.1, 0.15) is 0 Å². The predicted molar refractivity (Wildman–Crippen MR) is 134 cm³/mol. The van der Waals surface area contributed by atoms with Crippen molar-refractivity contribution in [1.29, 1.82) is 5.26 Å². The average molecular weight is 496 g/mol. The molecule has 0 radical (unpaired) electrons. The maximum absolute atomic E-state index is 10.1. The summed E-state index contributed by atoms with van der Waals surface area (Å²) in [5, 5.41) is 12.9. The van der Waals surface area contributed by atoms with Crippen molar-refractivity contribution in [1.82, 2.24) is 0 Å². The Hall–Kier alpha value is -3.38. The fraction of sp³-hybridized carbons (Fsp3) is 0.172. The summed E-state index contributed by atoms with van der Waals surface area (Å²) in [5.41, 5.74) is 7.74. The van der Waals surface area contributed by atoms with Gasteiger partial charge in [0, 0.05) is 0 Å². The third kappa shape index (κ3) is 3.12. The molecule has 0 amide bonds. The fourth-order valence-corrected chi connectivity index (χ4v) is 6.99. The Bertz CT molecular complexity index is 1700. The number of rotatable bonds is 2. The third-order valence-electron chi connectivity index (χ3n) is 6.40. The molecule has 0 fully saturated rings. The molecule has 3 aromatic carbocycles. The monoisotopic (exact) mass is 497 g/mol. The van der Waals surface area contributed by atoms with Crippen LogP contribution in [-0.4, -0.2) is 15.0 Å². The Morgan fingerprint density at radius 2 is 1.82 bits per heavy atom. The van der Waals surface area contributed by atoms with Crippen LogP contribution in [0.2, 0.25) is 5.32 Å². The van der Waals surface area contributed by atoms with Gasteiger partial charge in [-0.15, -0.1) is 0 Å². The minimum absolute atomic E-state index is 0.137. The number of pyridine rings is 1. The van der Waals surface area contributed by atoms with Crippen molar-refractivity contribution in [3.05, 3.63) is 83.6 Å². The zero-order chi connectivity index (χ0) is 24.3. The summed E-state index contributed by atoms with van der Waals surface area (Å²) in [6.07, 6.45) is 1.22. The number of furan rings is 1. The van der Waals surface area contributed by atoms with Crippen LogP contribution in [0.5, 0.6) is 0 Å². The first-order valence-corrected chi connectivity index (χ1v) is 13.1. The molecule has 3 nitrogen and oxygen atoms in total. The molecule has 0 saturated carbocycles. The van der Waals surface area contributed by atoms with Crippen molar-refractivity contribution in [3.8, 4) is 28.5 Å². The molecule has 33 heavy (non-hydrogen) atoms. The van der Waals surface area contributed by atoms with E-state index in [0.717, 1.165) is 59.6 Å². The normalized spacial score (nSPS) is 15.7. The molecule has 2 aromatic heterocycles. The van der Waals surface area contributed by atoms with Gasteiger partial charge in [-0.25, -0.2) is 0 Å². The fourth-order valence-electron chi connectivity index (χ4n) is 4.83. The van der Waals surface area contributed by atoms with Crippen molar-refractivity contribution < 1.29 is 11.7 Å². The van der Waals surface area contributed by atoms with Crippen LogP contribution in [0.25, 0.3) is 44.3 Å². The zero-order valence-electron chi connectivity index (χ0n) is 20.5. The number of nitrogens with zero attached hydrogens (tertiary/aromatic N) is 2. The molecule has 3 heterocycles. The Balaban J connectivity index is 1.73. The zero-order valence-corrected chi connectivity index (χ0v) is 20.2. The van der Waals surface area contributed by atoms with E-state index in [2.05, 4.69) is 35.8 Å². The summed E-state index contributed by atoms with van der Waals surface area (Å²) in [6.45, 7) is 2.09. The van der Waals surface area contributed by atoms with Crippen LogP contribution in [0.1, 0.15) is 25.9 Å². The first-order valence-electron chi connectivity index (χ1n) is 12.0. The van der Waals surface area contributed by atoms with E-state index < -0.39 is 6.37 Å². The number of hydrogen-bond donors (Lipinski definition) is 0. The molecule has 5 aromatic rings. The summed E-state index contributed by atoms with van der Waals surface area (Å²) in [5.74, 6) is 0. The van der Waals surface area contributed by atoms with Gasteiger partial charge in [-0.3, -0.25) is 0 Å². The molecular weight excluding hydrogens is 471 g/mol. The second-order valence-corrected chi connectivity index (χ2v) is 10.7. The molecule has 0 saturated heterocycles. The molecule has 4 heteroatoms. The van der Waals surface area contributed by atoms with Gasteiger partial charge < -0.3 is 0 Å². The Kier molecular flexibility index (Phi) is 4.32. The van der Waals surface area contributed by atoms with Crippen LogP contribution in [0.15, 0.2) is 71.3 Å². The second-order valence-electron chi connectivity index (χ2n) is 8.37. The van der Waals surface area contributed by atoms with Crippen molar-refractivity contribution in [2.24, 2.45) is 7.05 Å². The van der Waals surface area contributed by atoms with Gasteiger partial charge in [0.2, 0.25) is 0 Å². The van der Waals surface area contributed by atoms with E-state index in [1.807, 2.05) is 55.7 Å². The number of nitriles is 1. The minimum atomic E-state index is -1.35. The Labute approximate surface area is 202 Å². The van der Waals surface area contributed by atoms with Crippen LogP contribution in [0, 0.1) is 18.3 Å². The van der Waals surface area contributed by atoms with Crippen molar-refractivity contribution in [2.75, 3.05) is 0 Å². The molecule has 0 aliphatic carbocycles. The molecule has 1 aliphatic heterocycles. The molecule has 0 N–H and O–H groups in total. The van der Waals surface area contributed by atoms with Gasteiger partial charge >= 0.3 is 202 Å². The van der Waals surface area contributed by atoms with Gasteiger partial charge in [-0.05, 0) is 0 Å². The summed E-state index contributed by atoms with van der Waals surface area (Å²) in [4.78, 5) is 0. The van der Waals surface area contributed by atoms with Crippen molar-refractivity contribution in [3.63, 3.8) is 0 Å². The van der Waals surface area contributed by atoms with Crippen LogP contribution < -0.4 is 9.03 Å². The number of hydrogen-bond acceptors (Lipinski definition) is 2. The Morgan fingerprint density at radius 1 is 1.00 bits per heavy atom. The van der Waals surface area contributed by atoms with E-state index in [4.69, 9.17) is 7.16 Å². The Morgan fingerprint density at radius 3 is 2.64 bits per heavy atom. The molecule has 0 spiro atoms.